The van der Waals surface area contributed by atoms with Gasteiger partial charge >= 0.3 is 0 Å². The van der Waals surface area contributed by atoms with Crippen LogP contribution in [0.5, 0.6) is 0 Å². The van der Waals surface area contributed by atoms with E-state index in [9.17, 15) is 18.0 Å². The molecule has 0 fully saturated rings. The minimum Gasteiger partial charge on any atom is -0.343 e. The standard InChI is InChI=1S/C21H25N3O4S/c1-13-6-5-7-18(15(13)3)23-20(25)12-22-21(26)16-8-9-19-17(11-16)10-14(2)24(19)29(4,27)28/h5-9,11,14H,10,12H2,1-4H3,(H,22,26)(H,23,25). The SMILES string of the molecule is Cc1cccc(NC(=O)CNC(=O)c2ccc3c(c2)CC(C)N3S(C)(=O)=O)c1C. The number of sulfonamides is 1. The lowest BCUT2D eigenvalue weighted by atomic mass is 10.1. The van der Waals surface area contributed by atoms with E-state index in [4.69, 9.17) is 0 Å². The van der Waals surface area contributed by atoms with Crippen molar-refractivity contribution in [1.82, 2.24) is 5.32 Å². The molecule has 0 aliphatic carbocycles. The Balaban J connectivity index is 1.66. The average molecular weight is 416 g/mol. The molecule has 1 heterocycles. The third-order valence-electron chi connectivity index (χ3n) is 5.14. The molecular formula is C21H25N3O4S. The molecule has 154 valence electrons. The Hall–Kier alpha value is -2.87. The van der Waals surface area contributed by atoms with Gasteiger partial charge in [0, 0.05) is 17.3 Å². The molecule has 1 aliphatic rings. The Morgan fingerprint density at radius 2 is 1.90 bits per heavy atom. The van der Waals surface area contributed by atoms with Gasteiger partial charge in [-0.15, -0.1) is 0 Å². The normalized spacial score (nSPS) is 15.7. The Kier molecular flexibility index (Phi) is 5.66. The number of carbonyl (C=O) groups excluding carboxylic acids is 2. The molecule has 1 atom stereocenters. The molecule has 1 unspecified atom stereocenters. The van der Waals surface area contributed by atoms with Crippen LogP contribution in [-0.2, 0) is 21.2 Å². The first-order chi connectivity index (χ1) is 13.6. The smallest absolute Gasteiger partial charge is 0.251 e. The number of fused-ring (bicyclic) bond motifs is 1. The van der Waals surface area contributed by atoms with E-state index in [0.29, 0.717) is 17.7 Å². The molecule has 0 saturated heterocycles. The van der Waals surface area contributed by atoms with Gasteiger partial charge in [-0.2, -0.15) is 0 Å². The zero-order valence-electron chi connectivity index (χ0n) is 16.9. The van der Waals surface area contributed by atoms with Crippen LogP contribution in [0.1, 0.15) is 34.0 Å². The zero-order chi connectivity index (χ0) is 21.3. The topological polar surface area (TPSA) is 95.6 Å². The van der Waals surface area contributed by atoms with Crippen molar-refractivity contribution in [2.24, 2.45) is 0 Å². The molecule has 0 aromatic heterocycles. The van der Waals surface area contributed by atoms with Gasteiger partial charge in [0.1, 0.15) is 0 Å². The van der Waals surface area contributed by atoms with E-state index in [1.165, 1.54) is 10.6 Å². The van der Waals surface area contributed by atoms with Gasteiger partial charge < -0.3 is 10.6 Å². The van der Waals surface area contributed by atoms with Crippen LogP contribution in [0.2, 0.25) is 0 Å². The maximum atomic E-state index is 12.5. The van der Waals surface area contributed by atoms with E-state index >= 15 is 0 Å². The molecule has 29 heavy (non-hydrogen) atoms. The highest BCUT2D eigenvalue weighted by molar-refractivity contribution is 7.92. The van der Waals surface area contributed by atoms with Gasteiger partial charge in [-0.1, -0.05) is 12.1 Å². The van der Waals surface area contributed by atoms with Crippen LogP contribution in [0.15, 0.2) is 36.4 Å². The predicted molar refractivity (Wildman–Crippen MR) is 114 cm³/mol. The van der Waals surface area contributed by atoms with Gasteiger partial charge in [0.15, 0.2) is 0 Å². The van der Waals surface area contributed by atoms with Crippen molar-refractivity contribution in [1.29, 1.82) is 0 Å². The summed E-state index contributed by atoms with van der Waals surface area (Å²) in [6.07, 6.45) is 1.71. The van der Waals surface area contributed by atoms with Gasteiger partial charge in [-0.3, -0.25) is 13.9 Å². The molecule has 2 aromatic rings. The zero-order valence-corrected chi connectivity index (χ0v) is 17.8. The molecule has 2 amide bonds. The highest BCUT2D eigenvalue weighted by atomic mass is 32.2. The van der Waals surface area contributed by atoms with E-state index in [1.54, 1.807) is 18.2 Å². The highest BCUT2D eigenvalue weighted by Gasteiger charge is 2.32. The maximum Gasteiger partial charge on any atom is 0.251 e. The first-order valence-corrected chi connectivity index (χ1v) is 11.2. The molecule has 2 aromatic carbocycles. The number of carbonyl (C=O) groups is 2. The van der Waals surface area contributed by atoms with Gasteiger partial charge in [0.05, 0.1) is 18.5 Å². The second-order valence-corrected chi connectivity index (χ2v) is 9.29. The second kappa shape index (κ2) is 7.87. The van der Waals surface area contributed by atoms with E-state index in [1.807, 2.05) is 39.0 Å². The van der Waals surface area contributed by atoms with Crippen molar-refractivity contribution in [2.45, 2.75) is 33.2 Å². The van der Waals surface area contributed by atoms with Crippen LogP contribution in [0.25, 0.3) is 0 Å². The summed E-state index contributed by atoms with van der Waals surface area (Å²) in [4.78, 5) is 24.7. The largest absolute Gasteiger partial charge is 0.343 e. The van der Waals surface area contributed by atoms with E-state index in [-0.39, 0.29) is 24.4 Å². The van der Waals surface area contributed by atoms with Crippen molar-refractivity contribution in [3.63, 3.8) is 0 Å². The average Bonchev–Trinajstić information content (AvgIpc) is 2.98. The predicted octanol–water partition coefficient (Wildman–Crippen LogP) is 2.38. The molecule has 0 spiro atoms. The molecule has 8 heteroatoms. The van der Waals surface area contributed by atoms with Crippen molar-refractivity contribution in [2.75, 3.05) is 22.4 Å². The fourth-order valence-corrected chi connectivity index (χ4v) is 4.86. The number of rotatable bonds is 5. The van der Waals surface area contributed by atoms with Gasteiger partial charge in [0.2, 0.25) is 15.9 Å². The van der Waals surface area contributed by atoms with E-state index < -0.39 is 10.0 Å². The third-order valence-corrected chi connectivity index (χ3v) is 6.41. The van der Waals surface area contributed by atoms with Gasteiger partial charge in [-0.25, -0.2) is 8.42 Å². The monoisotopic (exact) mass is 415 g/mol. The molecular weight excluding hydrogens is 390 g/mol. The minimum atomic E-state index is -3.38. The Labute approximate surface area is 171 Å². The number of nitrogens with one attached hydrogen (secondary N) is 2. The quantitative estimate of drug-likeness (QED) is 0.784. The third kappa shape index (κ3) is 4.42. The maximum absolute atomic E-state index is 12.5. The van der Waals surface area contributed by atoms with Crippen LogP contribution in [-0.4, -0.2) is 39.1 Å². The van der Waals surface area contributed by atoms with E-state index in [2.05, 4.69) is 10.6 Å². The molecule has 2 N–H and O–H groups in total. The second-order valence-electron chi connectivity index (χ2n) is 7.43. The Morgan fingerprint density at radius 3 is 2.59 bits per heavy atom. The Morgan fingerprint density at radius 1 is 1.17 bits per heavy atom. The fourth-order valence-electron chi connectivity index (χ4n) is 3.59. The summed E-state index contributed by atoms with van der Waals surface area (Å²) in [5.74, 6) is -0.695. The van der Waals surface area contributed by atoms with Crippen LogP contribution in [0, 0.1) is 13.8 Å². The summed E-state index contributed by atoms with van der Waals surface area (Å²) in [7, 11) is -3.38. The number of anilines is 2. The number of nitrogens with zero attached hydrogens (tertiary/aromatic N) is 1. The van der Waals surface area contributed by atoms with Crippen molar-refractivity contribution >= 4 is 33.2 Å². The number of amides is 2. The molecule has 1 aliphatic heterocycles. The molecule has 0 radical (unpaired) electrons. The minimum absolute atomic E-state index is 0.158. The number of benzene rings is 2. The summed E-state index contributed by atoms with van der Waals surface area (Å²) in [6, 6.07) is 10.4. The summed E-state index contributed by atoms with van der Waals surface area (Å²) in [6.45, 7) is 5.56. The first-order valence-electron chi connectivity index (χ1n) is 9.34. The fraction of sp³-hybridized carbons (Fsp3) is 0.333. The summed E-state index contributed by atoms with van der Waals surface area (Å²) in [5.41, 5.74) is 4.57. The molecule has 3 rings (SSSR count). The lowest BCUT2D eigenvalue weighted by Crippen LogP contribution is -2.34. The van der Waals surface area contributed by atoms with Gasteiger partial charge in [-0.05, 0) is 68.1 Å². The van der Waals surface area contributed by atoms with Crippen molar-refractivity contribution in [3.05, 3.63) is 58.7 Å². The summed E-state index contributed by atoms with van der Waals surface area (Å²) >= 11 is 0. The lowest BCUT2D eigenvalue weighted by molar-refractivity contribution is -0.115. The van der Waals surface area contributed by atoms with Crippen LogP contribution in [0.3, 0.4) is 0 Å². The summed E-state index contributed by atoms with van der Waals surface area (Å²) < 4.78 is 25.4. The van der Waals surface area contributed by atoms with Crippen LogP contribution < -0.4 is 14.9 Å². The molecule has 0 saturated carbocycles. The van der Waals surface area contributed by atoms with E-state index in [0.717, 1.165) is 22.4 Å². The number of aryl methyl sites for hydroxylation is 1. The van der Waals surface area contributed by atoms with Crippen LogP contribution >= 0.6 is 0 Å². The highest BCUT2D eigenvalue weighted by Crippen LogP contribution is 2.34. The van der Waals surface area contributed by atoms with Crippen molar-refractivity contribution < 1.29 is 18.0 Å². The number of hydrogen-bond acceptors (Lipinski definition) is 4. The van der Waals surface area contributed by atoms with Crippen molar-refractivity contribution in [3.8, 4) is 0 Å². The number of hydrogen-bond donors (Lipinski definition) is 2. The first kappa shape index (κ1) is 20.9. The van der Waals surface area contributed by atoms with Gasteiger partial charge in [0.25, 0.3) is 5.91 Å². The Bertz CT molecular complexity index is 1080. The molecule has 0 bridgehead atoms. The summed E-state index contributed by atoms with van der Waals surface area (Å²) in [5, 5.41) is 5.41. The lowest BCUT2D eigenvalue weighted by Gasteiger charge is -2.21. The molecule has 7 nitrogen and oxygen atoms in total. The van der Waals surface area contributed by atoms with Crippen LogP contribution in [0.4, 0.5) is 11.4 Å².